The van der Waals surface area contributed by atoms with E-state index in [-0.39, 0.29) is 39.7 Å². The first-order valence-electron chi connectivity index (χ1n) is 19.7. The Kier molecular flexibility index (Phi) is 16.6. The lowest BCUT2D eigenvalue weighted by atomic mass is 10.1. The highest BCUT2D eigenvalue weighted by Gasteiger charge is 2.16. The van der Waals surface area contributed by atoms with Gasteiger partial charge in [0.15, 0.2) is 0 Å². The average molecular weight is 782 g/mol. The third kappa shape index (κ3) is 13.8. The Bertz CT molecular complexity index is 2140. The second-order valence-electron chi connectivity index (χ2n) is 13.7. The van der Waals surface area contributed by atoms with Gasteiger partial charge in [-0.15, -0.1) is 0 Å². The first-order valence-corrected chi connectivity index (χ1v) is 19.7. The zero-order chi connectivity index (χ0) is 41.0. The van der Waals surface area contributed by atoms with Gasteiger partial charge < -0.3 is 23.7 Å². The second-order valence-corrected chi connectivity index (χ2v) is 13.7. The number of esters is 4. The third-order valence-electron chi connectivity index (χ3n) is 9.18. The lowest BCUT2D eigenvalue weighted by Gasteiger charge is -2.09. The molecular formula is C48H47NO9. The molecule has 58 heavy (non-hydrogen) atoms. The van der Waals surface area contributed by atoms with Crippen molar-refractivity contribution in [2.24, 2.45) is 0 Å². The van der Waals surface area contributed by atoms with Crippen LogP contribution in [0.1, 0.15) is 125 Å². The Hall–Kier alpha value is -6.73. The molecule has 0 aromatic heterocycles. The van der Waals surface area contributed by atoms with Crippen molar-refractivity contribution in [1.82, 2.24) is 0 Å². The number of nitriles is 1. The first kappa shape index (κ1) is 42.4. The second kappa shape index (κ2) is 22.7. The van der Waals surface area contributed by atoms with E-state index in [1.165, 1.54) is 149 Å². The van der Waals surface area contributed by atoms with Gasteiger partial charge in [0.25, 0.3) is 0 Å². The van der Waals surface area contributed by atoms with Crippen molar-refractivity contribution in [2.45, 2.75) is 77.6 Å². The van der Waals surface area contributed by atoms with Gasteiger partial charge in [-0.1, -0.05) is 77.2 Å². The first-order chi connectivity index (χ1) is 28.3. The molecule has 5 rings (SSSR count). The summed E-state index contributed by atoms with van der Waals surface area (Å²) in [6.07, 6.45) is 14.0. The predicted octanol–water partition coefficient (Wildman–Crippen LogP) is 11.1. The zero-order valence-electron chi connectivity index (χ0n) is 32.7. The van der Waals surface area contributed by atoms with E-state index in [4.69, 9.17) is 28.9 Å². The molecule has 10 nitrogen and oxygen atoms in total. The van der Waals surface area contributed by atoms with Gasteiger partial charge in [-0.25, -0.2) is 19.2 Å². The summed E-state index contributed by atoms with van der Waals surface area (Å²) in [5.74, 6) is -1.04. The quantitative estimate of drug-likeness (QED) is 0.0401. The van der Waals surface area contributed by atoms with Gasteiger partial charge in [-0.05, 0) is 122 Å². The van der Waals surface area contributed by atoms with Gasteiger partial charge in [0.05, 0.1) is 40.5 Å². The van der Waals surface area contributed by atoms with E-state index in [0.717, 1.165) is 12.8 Å². The number of hydrogen-bond donors (Lipinski definition) is 0. The Morgan fingerprint density at radius 2 is 0.810 bits per heavy atom. The van der Waals surface area contributed by atoms with Crippen molar-refractivity contribution < 1.29 is 42.9 Å². The summed E-state index contributed by atoms with van der Waals surface area (Å²) in [7, 11) is 0. The summed E-state index contributed by atoms with van der Waals surface area (Å²) in [5.41, 5.74) is 1.35. The maximum Gasteiger partial charge on any atom is 0.343 e. The Morgan fingerprint density at radius 3 is 1.26 bits per heavy atom. The van der Waals surface area contributed by atoms with Crippen molar-refractivity contribution in [3.05, 3.63) is 149 Å². The fraction of sp³-hybridized carbons (Fsp3) is 0.271. The van der Waals surface area contributed by atoms with Crippen LogP contribution in [0.2, 0.25) is 0 Å². The summed E-state index contributed by atoms with van der Waals surface area (Å²) in [5, 5.41) is 8.92. The number of benzene rings is 5. The highest BCUT2D eigenvalue weighted by Crippen LogP contribution is 2.22. The molecule has 0 fully saturated rings. The minimum atomic E-state index is -0.710. The molecule has 0 N–H and O–H groups in total. The Labute approximate surface area is 339 Å². The number of nitrogens with zero attached hydrogens (tertiary/aromatic N) is 1. The molecule has 0 spiro atoms. The van der Waals surface area contributed by atoms with Crippen LogP contribution in [0.5, 0.6) is 28.7 Å². The lowest BCUT2D eigenvalue weighted by Crippen LogP contribution is -2.12. The van der Waals surface area contributed by atoms with Gasteiger partial charge in [-0.3, -0.25) is 0 Å². The summed E-state index contributed by atoms with van der Waals surface area (Å²) in [4.78, 5) is 51.0. The minimum absolute atomic E-state index is 0.113. The van der Waals surface area contributed by atoms with E-state index >= 15 is 0 Å². The van der Waals surface area contributed by atoms with Crippen LogP contribution in [-0.2, 0) is 0 Å². The van der Waals surface area contributed by atoms with E-state index < -0.39 is 23.9 Å². The molecule has 0 saturated carbocycles. The Balaban J connectivity index is 1.02. The minimum Gasteiger partial charge on any atom is -0.494 e. The number of ether oxygens (including phenoxy) is 5. The van der Waals surface area contributed by atoms with Crippen LogP contribution in [0, 0.1) is 11.3 Å². The normalized spacial score (nSPS) is 10.6. The molecule has 0 radical (unpaired) electrons. The van der Waals surface area contributed by atoms with Crippen LogP contribution >= 0.6 is 0 Å². The van der Waals surface area contributed by atoms with Gasteiger partial charge in [0.2, 0.25) is 0 Å². The molecule has 0 aliphatic rings. The van der Waals surface area contributed by atoms with E-state index in [2.05, 4.69) is 6.92 Å². The number of carbonyl (C=O) groups is 4. The van der Waals surface area contributed by atoms with Crippen LogP contribution in [-0.4, -0.2) is 30.5 Å². The predicted molar refractivity (Wildman–Crippen MR) is 219 cm³/mol. The molecule has 0 heterocycles. The van der Waals surface area contributed by atoms with Crippen molar-refractivity contribution in [3.63, 3.8) is 0 Å². The van der Waals surface area contributed by atoms with Gasteiger partial charge in [0, 0.05) is 0 Å². The molecule has 0 aliphatic heterocycles. The fourth-order valence-corrected chi connectivity index (χ4v) is 5.91. The number of unbranched alkanes of at least 4 members (excludes halogenated alkanes) is 10. The highest BCUT2D eigenvalue weighted by atomic mass is 16.5. The van der Waals surface area contributed by atoms with Crippen molar-refractivity contribution in [2.75, 3.05) is 6.61 Å². The molecule has 10 heteroatoms. The molecule has 5 aromatic carbocycles. The molecule has 5 aromatic rings. The van der Waals surface area contributed by atoms with Gasteiger partial charge >= 0.3 is 23.9 Å². The fourth-order valence-electron chi connectivity index (χ4n) is 5.91. The van der Waals surface area contributed by atoms with Crippen LogP contribution < -0.4 is 23.7 Å². The smallest absolute Gasteiger partial charge is 0.343 e. The maximum atomic E-state index is 12.9. The number of hydrogen-bond acceptors (Lipinski definition) is 10. The number of rotatable bonds is 21. The van der Waals surface area contributed by atoms with Crippen LogP contribution in [0.4, 0.5) is 0 Å². The maximum absolute atomic E-state index is 12.9. The summed E-state index contributed by atoms with van der Waals surface area (Å²) in [6.45, 7) is 2.88. The number of carbonyl (C=O) groups excluding carboxylic acids is 4. The van der Waals surface area contributed by atoms with Crippen molar-refractivity contribution in [3.8, 4) is 34.8 Å². The van der Waals surface area contributed by atoms with E-state index in [1.807, 2.05) is 6.07 Å². The van der Waals surface area contributed by atoms with Gasteiger partial charge in [0.1, 0.15) is 28.7 Å². The zero-order valence-corrected chi connectivity index (χ0v) is 32.7. The van der Waals surface area contributed by atoms with Crippen LogP contribution in [0.3, 0.4) is 0 Å². The molecule has 0 saturated heterocycles. The molecular weight excluding hydrogens is 735 g/mol. The summed E-state index contributed by atoms with van der Waals surface area (Å²) < 4.78 is 27.6. The molecule has 0 amide bonds. The monoisotopic (exact) mass is 781 g/mol. The molecule has 0 atom stereocenters. The van der Waals surface area contributed by atoms with Crippen LogP contribution in [0.15, 0.2) is 121 Å². The molecule has 298 valence electrons. The SMILES string of the molecule is CCCCCCCCCCCCCOc1ccc(C(=O)Oc2ccc(C(=O)Oc3cccc(C(=O)Oc4ccc(C(=O)Oc5ccc(C#N)cc5)cc4)c3)cc2)cc1. The topological polar surface area (TPSA) is 138 Å². The molecule has 0 bridgehead atoms. The molecule has 0 aliphatic carbocycles. The van der Waals surface area contributed by atoms with Gasteiger partial charge in [-0.2, -0.15) is 5.26 Å². The van der Waals surface area contributed by atoms with E-state index in [0.29, 0.717) is 23.5 Å². The van der Waals surface area contributed by atoms with E-state index in [1.54, 1.807) is 30.3 Å². The third-order valence-corrected chi connectivity index (χ3v) is 9.18. The largest absolute Gasteiger partial charge is 0.494 e. The lowest BCUT2D eigenvalue weighted by molar-refractivity contribution is 0.0712. The van der Waals surface area contributed by atoms with Crippen LogP contribution in [0.25, 0.3) is 0 Å². The molecule has 0 unspecified atom stereocenters. The summed E-state index contributed by atoms with van der Waals surface area (Å²) in [6, 6.07) is 32.6. The average Bonchev–Trinajstić information content (AvgIpc) is 3.25. The Morgan fingerprint density at radius 1 is 0.431 bits per heavy atom. The van der Waals surface area contributed by atoms with Crippen molar-refractivity contribution >= 4 is 23.9 Å². The van der Waals surface area contributed by atoms with E-state index in [9.17, 15) is 19.2 Å². The highest BCUT2D eigenvalue weighted by molar-refractivity contribution is 5.94. The summed E-state index contributed by atoms with van der Waals surface area (Å²) >= 11 is 0. The van der Waals surface area contributed by atoms with Crippen molar-refractivity contribution in [1.29, 1.82) is 5.26 Å². The standard InChI is InChI=1S/C48H47NO9/c1-2-3-4-5-6-7-8-9-10-11-12-32-54-40-26-18-36(19-27-40)45(50)56-42-28-22-38(23-29-42)47(52)58-44-15-13-14-39(33-44)48(53)57-43-30-20-37(21-31-43)46(51)55-41-24-16-35(34-49)17-25-41/h13-31,33H,2-12,32H2,1H3.